The lowest BCUT2D eigenvalue weighted by molar-refractivity contribution is 0.0613. The molecule has 5 heteroatoms. The standard InChI is InChI=1S/C11H17N3O2/c15-9-2-1-5-14(6-9)7-10-12-11(13-16-10)8-3-4-8/h8-9,15H,1-7H2. The second-order valence-corrected chi connectivity index (χ2v) is 4.85. The van der Waals surface area contributed by atoms with Gasteiger partial charge in [-0.3, -0.25) is 4.90 Å². The van der Waals surface area contributed by atoms with E-state index in [2.05, 4.69) is 15.0 Å². The van der Waals surface area contributed by atoms with Crippen LogP contribution in [0.3, 0.4) is 0 Å². The summed E-state index contributed by atoms with van der Waals surface area (Å²) in [5.74, 6) is 2.10. The van der Waals surface area contributed by atoms with Gasteiger partial charge in [0.1, 0.15) is 0 Å². The van der Waals surface area contributed by atoms with Gasteiger partial charge >= 0.3 is 0 Å². The largest absolute Gasteiger partial charge is 0.392 e. The molecule has 2 heterocycles. The Hall–Kier alpha value is -0.940. The van der Waals surface area contributed by atoms with Gasteiger partial charge in [-0.15, -0.1) is 0 Å². The number of piperidine rings is 1. The highest BCUT2D eigenvalue weighted by Crippen LogP contribution is 2.38. The molecule has 2 aliphatic rings. The molecule has 0 spiro atoms. The van der Waals surface area contributed by atoms with E-state index in [4.69, 9.17) is 4.52 Å². The first-order valence-corrected chi connectivity index (χ1v) is 6.04. The summed E-state index contributed by atoms with van der Waals surface area (Å²) in [4.78, 5) is 6.57. The highest BCUT2D eigenvalue weighted by atomic mass is 16.5. The van der Waals surface area contributed by atoms with Crippen LogP contribution in [-0.2, 0) is 6.54 Å². The van der Waals surface area contributed by atoms with Crippen molar-refractivity contribution in [2.24, 2.45) is 0 Å². The van der Waals surface area contributed by atoms with Crippen molar-refractivity contribution in [1.29, 1.82) is 0 Å². The number of β-amino-alcohol motifs (C(OH)–C–C–N with tert-alkyl or cyclic N) is 1. The molecule has 1 saturated carbocycles. The maximum Gasteiger partial charge on any atom is 0.240 e. The molecule has 3 rings (SSSR count). The third kappa shape index (κ3) is 2.25. The Morgan fingerprint density at radius 1 is 1.38 bits per heavy atom. The van der Waals surface area contributed by atoms with Crippen LogP contribution in [0.2, 0.25) is 0 Å². The van der Waals surface area contributed by atoms with Gasteiger partial charge in [0.2, 0.25) is 5.89 Å². The molecular formula is C11H17N3O2. The zero-order chi connectivity index (χ0) is 11.0. The Kier molecular flexibility index (Phi) is 2.65. The van der Waals surface area contributed by atoms with Crippen LogP contribution in [0.4, 0.5) is 0 Å². The number of hydrogen-bond donors (Lipinski definition) is 1. The third-order valence-corrected chi connectivity index (χ3v) is 3.27. The van der Waals surface area contributed by atoms with Crippen molar-refractivity contribution in [3.05, 3.63) is 11.7 Å². The number of nitrogens with zero attached hydrogens (tertiary/aromatic N) is 3. The molecule has 1 atom stereocenters. The van der Waals surface area contributed by atoms with E-state index in [9.17, 15) is 5.11 Å². The van der Waals surface area contributed by atoms with Crippen LogP contribution < -0.4 is 0 Å². The molecule has 1 saturated heterocycles. The molecular weight excluding hydrogens is 206 g/mol. The fourth-order valence-corrected chi connectivity index (χ4v) is 2.21. The Bertz CT molecular complexity index is 362. The van der Waals surface area contributed by atoms with E-state index in [1.165, 1.54) is 12.8 Å². The summed E-state index contributed by atoms with van der Waals surface area (Å²) >= 11 is 0. The highest BCUT2D eigenvalue weighted by molar-refractivity contribution is 5.03. The van der Waals surface area contributed by atoms with Crippen LogP contribution in [0.5, 0.6) is 0 Å². The van der Waals surface area contributed by atoms with Crippen LogP contribution in [0.25, 0.3) is 0 Å². The second kappa shape index (κ2) is 4.14. The Labute approximate surface area is 94.4 Å². The van der Waals surface area contributed by atoms with E-state index in [1.807, 2.05) is 0 Å². The lowest BCUT2D eigenvalue weighted by Gasteiger charge is -2.28. The zero-order valence-corrected chi connectivity index (χ0v) is 9.30. The molecule has 88 valence electrons. The van der Waals surface area contributed by atoms with Gasteiger partial charge in [-0.05, 0) is 32.2 Å². The number of hydrogen-bond acceptors (Lipinski definition) is 5. The molecule has 0 aromatic carbocycles. The molecule has 2 fully saturated rings. The number of likely N-dealkylation sites (tertiary alicyclic amines) is 1. The van der Waals surface area contributed by atoms with Crippen molar-refractivity contribution >= 4 is 0 Å². The smallest absolute Gasteiger partial charge is 0.240 e. The summed E-state index contributed by atoms with van der Waals surface area (Å²) in [6.07, 6.45) is 4.15. The lowest BCUT2D eigenvalue weighted by Crippen LogP contribution is -2.37. The van der Waals surface area contributed by atoms with Crippen molar-refractivity contribution in [2.75, 3.05) is 13.1 Å². The first-order valence-electron chi connectivity index (χ1n) is 6.04. The van der Waals surface area contributed by atoms with Crippen LogP contribution in [0.15, 0.2) is 4.52 Å². The number of aliphatic hydroxyl groups is 1. The predicted octanol–water partition coefficient (Wildman–Crippen LogP) is 0.904. The van der Waals surface area contributed by atoms with E-state index in [-0.39, 0.29) is 6.10 Å². The van der Waals surface area contributed by atoms with Crippen molar-refractivity contribution < 1.29 is 9.63 Å². The van der Waals surface area contributed by atoms with Crippen LogP contribution in [0.1, 0.15) is 43.3 Å². The van der Waals surface area contributed by atoms with Crippen molar-refractivity contribution in [3.63, 3.8) is 0 Å². The monoisotopic (exact) mass is 223 g/mol. The first-order chi connectivity index (χ1) is 7.81. The number of aliphatic hydroxyl groups excluding tert-OH is 1. The van der Waals surface area contributed by atoms with E-state index in [0.29, 0.717) is 18.4 Å². The van der Waals surface area contributed by atoms with Gasteiger partial charge in [-0.25, -0.2) is 0 Å². The summed E-state index contributed by atoms with van der Waals surface area (Å²) in [6, 6.07) is 0. The van der Waals surface area contributed by atoms with Crippen LogP contribution >= 0.6 is 0 Å². The zero-order valence-electron chi connectivity index (χ0n) is 9.30. The fraction of sp³-hybridized carbons (Fsp3) is 0.818. The van der Waals surface area contributed by atoms with Gasteiger partial charge in [0, 0.05) is 12.5 Å². The summed E-state index contributed by atoms with van der Waals surface area (Å²) in [6.45, 7) is 2.41. The van der Waals surface area contributed by atoms with Gasteiger partial charge in [-0.1, -0.05) is 5.16 Å². The van der Waals surface area contributed by atoms with Gasteiger partial charge < -0.3 is 9.63 Å². The maximum atomic E-state index is 9.55. The number of aromatic nitrogens is 2. The Morgan fingerprint density at radius 2 is 2.25 bits per heavy atom. The summed E-state index contributed by atoms with van der Waals surface area (Å²) in [7, 11) is 0. The van der Waals surface area contributed by atoms with Gasteiger partial charge in [0.25, 0.3) is 0 Å². The molecule has 0 amide bonds. The average molecular weight is 223 g/mol. The molecule has 1 aromatic heterocycles. The van der Waals surface area contributed by atoms with Crippen molar-refractivity contribution in [3.8, 4) is 0 Å². The first kappa shape index (κ1) is 10.2. The van der Waals surface area contributed by atoms with Crippen LogP contribution in [0, 0.1) is 0 Å². The summed E-state index contributed by atoms with van der Waals surface area (Å²) in [5, 5.41) is 13.5. The quantitative estimate of drug-likeness (QED) is 0.825. The lowest BCUT2D eigenvalue weighted by atomic mass is 10.1. The molecule has 5 nitrogen and oxygen atoms in total. The topological polar surface area (TPSA) is 62.4 Å². The second-order valence-electron chi connectivity index (χ2n) is 4.85. The molecule has 1 unspecified atom stereocenters. The molecule has 1 aliphatic carbocycles. The SMILES string of the molecule is OC1CCCN(Cc2nc(C3CC3)no2)C1. The van der Waals surface area contributed by atoms with Crippen LogP contribution in [-0.4, -0.2) is 39.3 Å². The van der Waals surface area contributed by atoms with Gasteiger partial charge in [0.05, 0.1) is 12.6 Å². The maximum absolute atomic E-state index is 9.55. The molecule has 1 aromatic rings. The van der Waals surface area contributed by atoms with E-state index >= 15 is 0 Å². The Morgan fingerprint density at radius 3 is 3.00 bits per heavy atom. The summed E-state index contributed by atoms with van der Waals surface area (Å²) in [5.41, 5.74) is 0. The fourth-order valence-electron chi connectivity index (χ4n) is 2.21. The van der Waals surface area contributed by atoms with E-state index in [1.54, 1.807) is 0 Å². The average Bonchev–Trinajstić information content (AvgIpc) is 3.01. The minimum atomic E-state index is -0.195. The third-order valence-electron chi connectivity index (χ3n) is 3.27. The van der Waals surface area contributed by atoms with E-state index in [0.717, 1.165) is 31.8 Å². The van der Waals surface area contributed by atoms with Crippen molar-refractivity contribution in [2.45, 2.75) is 44.2 Å². The number of rotatable bonds is 3. The molecule has 1 N–H and O–H groups in total. The molecule has 0 bridgehead atoms. The molecule has 0 radical (unpaired) electrons. The Balaban J connectivity index is 1.59. The normalized spacial score (nSPS) is 27.2. The van der Waals surface area contributed by atoms with Gasteiger partial charge in [-0.2, -0.15) is 4.98 Å². The highest BCUT2D eigenvalue weighted by Gasteiger charge is 2.29. The minimum absolute atomic E-state index is 0.195. The summed E-state index contributed by atoms with van der Waals surface area (Å²) < 4.78 is 5.22. The van der Waals surface area contributed by atoms with Gasteiger partial charge in [0.15, 0.2) is 5.82 Å². The predicted molar refractivity (Wildman–Crippen MR) is 56.8 cm³/mol. The molecule has 16 heavy (non-hydrogen) atoms. The molecule has 1 aliphatic heterocycles. The van der Waals surface area contributed by atoms with E-state index < -0.39 is 0 Å². The van der Waals surface area contributed by atoms with Crippen molar-refractivity contribution in [1.82, 2.24) is 15.0 Å². The minimum Gasteiger partial charge on any atom is -0.392 e.